The molecule has 30 heavy (non-hydrogen) atoms. The number of amides is 2. The summed E-state index contributed by atoms with van der Waals surface area (Å²) in [5, 5.41) is 0. The summed E-state index contributed by atoms with van der Waals surface area (Å²) in [5.74, 6) is -2.36. The number of likely N-dealkylation sites (tertiary alicyclic amines) is 1. The third-order valence-electron chi connectivity index (χ3n) is 5.99. The topological polar surface area (TPSA) is 59.1 Å². The zero-order chi connectivity index (χ0) is 21.7. The molecule has 1 aromatic rings. The number of piperidine rings is 1. The first-order valence-electron chi connectivity index (χ1n) is 10.4. The fourth-order valence-electron chi connectivity index (χ4n) is 4.36. The molecule has 2 aliphatic heterocycles. The highest BCUT2D eigenvalue weighted by Crippen LogP contribution is 2.49. The standard InChI is InChI=1S/C22H28F2N2O4/c1-20(2,3)29-19(28)25-11-9-22(10-12-25)14-26(13-21(30-22)7-8-21)18(27)17-15(23)5-4-6-16(17)24/h4-6H,7-14H2,1-3H3. The van der Waals surface area contributed by atoms with Crippen molar-refractivity contribution in [2.45, 2.75) is 63.3 Å². The van der Waals surface area contributed by atoms with Crippen molar-refractivity contribution in [1.29, 1.82) is 0 Å². The molecule has 3 aliphatic rings. The minimum atomic E-state index is -0.856. The van der Waals surface area contributed by atoms with Crippen LogP contribution in [0.4, 0.5) is 13.6 Å². The first-order chi connectivity index (χ1) is 14.0. The van der Waals surface area contributed by atoms with E-state index in [2.05, 4.69) is 0 Å². The largest absolute Gasteiger partial charge is 0.444 e. The van der Waals surface area contributed by atoms with Crippen molar-refractivity contribution in [2.75, 3.05) is 26.2 Å². The highest BCUT2D eigenvalue weighted by Gasteiger charge is 2.57. The van der Waals surface area contributed by atoms with Gasteiger partial charge in [-0.2, -0.15) is 0 Å². The van der Waals surface area contributed by atoms with E-state index >= 15 is 0 Å². The molecule has 0 unspecified atom stereocenters. The number of ether oxygens (including phenoxy) is 2. The lowest BCUT2D eigenvalue weighted by atomic mass is 9.88. The zero-order valence-electron chi connectivity index (χ0n) is 17.7. The van der Waals surface area contributed by atoms with Crippen molar-refractivity contribution in [3.8, 4) is 0 Å². The molecule has 0 aromatic heterocycles. The Bertz CT molecular complexity index is 835. The molecule has 1 aromatic carbocycles. The summed E-state index contributed by atoms with van der Waals surface area (Å²) in [4.78, 5) is 28.6. The molecule has 2 amide bonds. The van der Waals surface area contributed by atoms with Gasteiger partial charge in [0.25, 0.3) is 5.91 Å². The second-order valence-corrected chi connectivity index (χ2v) is 9.69. The molecule has 2 heterocycles. The smallest absolute Gasteiger partial charge is 0.410 e. The molecule has 4 rings (SSSR count). The predicted octanol–water partition coefficient (Wildman–Crippen LogP) is 3.74. The molecule has 1 saturated carbocycles. The summed E-state index contributed by atoms with van der Waals surface area (Å²) in [6, 6.07) is 3.44. The highest BCUT2D eigenvalue weighted by molar-refractivity contribution is 5.95. The number of morpholine rings is 1. The second kappa shape index (κ2) is 7.18. The van der Waals surface area contributed by atoms with Crippen LogP contribution in [0, 0.1) is 11.6 Å². The predicted molar refractivity (Wildman–Crippen MR) is 105 cm³/mol. The van der Waals surface area contributed by atoms with E-state index < -0.39 is 39.9 Å². The van der Waals surface area contributed by atoms with Crippen molar-refractivity contribution in [1.82, 2.24) is 9.80 Å². The minimum absolute atomic E-state index is 0.253. The maximum absolute atomic E-state index is 14.2. The van der Waals surface area contributed by atoms with Gasteiger partial charge in [-0.3, -0.25) is 4.79 Å². The van der Waals surface area contributed by atoms with E-state index in [4.69, 9.17) is 9.47 Å². The summed E-state index contributed by atoms with van der Waals surface area (Å²) < 4.78 is 40.3. The fourth-order valence-corrected chi connectivity index (χ4v) is 4.36. The van der Waals surface area contributed by atoms with Crippen LogP contribution in [0.2, 0.25) is 0 Å². The third-order valence-corrected chi connectivity index (χ3v) is 5.99. The molecule has 0 bridgehead atoms. The lowest BCUT2D eigenvalue weighted by Gasteiger charge is -2.50. The van der Waals surface area contributed by atoms with Crippen molar-refractivity contribution < 1.29 is 27.8 Å². The summed E-state index contributed by atoms with van der Waals surface area (Å²) >= 11 is 0. The lowest BCUT2D eigenvalue weighted by molar-refractivity contribution is -0.178. The Morgan fingerprint density at radius 1 is 0.967 bits per heavy atom. The Labute approximate surface area is 175 Å². The van der Waals surface area contributed by atoms with Crippen LogP contribution in [0.25, 0.3) is 0 Å². The summed E-state index contributed by atoms with van der Waals surface area (Å²) in [6.07, 6.45) is 2.34. The third kappa shape index (κ3) is 4.15. The van der Waals surface area contributed by atoms with Crippen LogP contribution >= 0.6 is 0 Å². The molecule has 0 N–H and O–H groups in total. The van der Waals surface area contributed by atoms with Gasteiger partial charge in [0.05, 0.1) is 24.3 Å². The molecular formula is C22H28F2N2O4. The number of carbonyl (C=O) groups excluding carboxylic acids is 2. The number of benzene rings is 1. The van der Waals surface area contributed by atoms with E-state index in [-0.39, 0.29) is 12.6 Å². The molecule has 1 aliphatic carbocycles. The summed E-state index contributed by atoms with van der Waals surface area (Å²) in [5.41, 5.74) is -2.15. The van der Waals surface area contributed by atoms with Crippen molar-refractivity contribution in [2.24, 2.45) is 0 Å². The van der Waals surface area contributed by atoms with Gasteiger partial charge >= 0.3 is 6.09 Å². The molecule has 2 spiro atoms. The molecular weight excluding hydrogens is 394 g/mol. The number of halogens is 2. The SMILES string of the molecule is CC(C)(C)OC(=O)N1CCC2(CC1)CN(C(=O)c1c(F)cccc1F)CC1(CC1)O2. The normalized spacial score (nSPS) is 22.3. The molecule has 0 atom stereocenters. The second-order valence-electron chi connectivity index (χ2n) is 9.69. The van der Waals surface area contributed by atoms with Gasteiger partial charge in [0, 0.05) is 13.1 Å². The van der Waals surface area contributed by atoms with E-state index in [9.17, 15) is 18.4 Å². The van der Waals surface area contributed by atoms with Gasteiger partial charge in [0.2, 0.25) is 0 Å². The van der Waals surface area contributed by atoms with Gasteiger partial charge < -0.3 is 19.3 Å². The van der Waals surface area contributed by atoms with Gasteiger partial charge in [-0.25, -0.2) is 13.6 Å². The maximum Gasteiger partial charge on any atom is 0.410 e. The first-order valence-corrected chi connectivity index (χ1v) is 10.4. The van der Waals surface area contributed by atoms with E-state index in [1.165, 1.54) is 11.0 Å². The van der Waals surface area contributed by atoms with Crippen molar-refractivity contribution >= 4 is 12.0 Å². The van der Waals surface area contributed by atoms with E-state index in [1.807, 2.05) is 20.8 Å². The van der Waals surface area contributed by atoms with E-state index in [0.29, 0.717) is 32.5 Å². The van der Waals surface area contributed by atoms with Crippen LogP contribution in [0.3, 0.4) is 0 Å². The van der Waals surface area contributed by atoms with Crippen molar-refractivity contribution in [3.63, 3.8) is 0 Å². The Morgan fingerprint density at radius 3 is 2.00 bits per heavy atom. The average Bonchev–Trinajstić information content (AvgIpc) is 3.38. The molecule has 0 radical (unpaired) electrons. The number of hydrogen-bond acceptors (Lipinski definition) is 4. The number of carbonyl (C=O) groups is 2. The molecule has 8 heteroatoms. The Hall–Kier alpha value is -2.22. The van der Waals surface area contributed by atoms with E-state index in [0.717, 1.165) is 25.0 Å². The van der Waals surface area contributed by atoms with Gasteiger partial charge in [0.1, 0.15) is 22.8 Å². The van der Waals surface area contributed by atoms with Gasteiger partial charge in [0.15, 0.2) is 0 Å². The molecule has 164 valence electrons. The number of rotatable bonds is 1. The lowest BCUT2D eigenvalue weighted by Crippen LogP contribution is -2.62. The van der Waals surface area contributed by atoms with Crippen LogP contribution in [0.5, 0.6) is 0 Å². The van der Waals surface area contributed by atoms with Gasteiger partial charge in [-0.15, -0.1) is 0 Å². The molecule has 2 saturated heterocycles. The number of nitrogens with zero attached hydrogens (tertiary/aromatic N) is 2. The molecule has 6 nitrogen and oxygen atoms in total. The zero-order valence-corrected chi connectivity index (χ0v) is 17.7. The summed E-state index contributed by atoms with van der Waals surface area (Å²) in [7, 11) is 0. The fraction of sp³-hybridized carbons (Fsp3) is 0.636. The number of hydrogen-bond donors (Lipinski definition) is 0. The van der Waals surface area contributed by atoms with Crippen LogP contribution in [0.1, 0.15) is 56.8 Å². The molecule has 3 fully saturated rings. The Kier molecular flexibility index (Phi) is 5.03. The first kappa shape index (κ1) is 21.0. The average molecular weight is 422 g/mol. The Balaban J connectivity index is 1.49. The maximum atomic E-state index is 14.2. The minimum Gasteiger partial charge on any atom is -0.444 e. The van der Waals surface area contributed by atoms with Crippen LogP contribution in [-0.2, 0) is 9.47 Å². The Morgan fingerprint density at radius 2 is 1.50 bits per heavy atom. The van der Waals surface area contributed by atoms with Crippen LogP contribution < -0.4 is 0 Å². The quantitative estimate of drug-likeness (QED) is 0.692. The van der Waals surface area contributed by atoms with Crippen molar-refractivity contribution in [3.05, 3.63) is 35.4 Å². The summed E-state index contributed by atoms with van der Waals surface area (Å²) in [6.45, 7) is 6.94. The van der Waals surface area contributed by atoms with Crippen LogP contribution in [-0.4, -0.2) is 64.8 Å². The highest BCUT2D eigenvalue weighted by atomic mass is 19.1. The van der Waals surface area contributed by atoms with E-state index in [1.54, 1.807) is 4.90 Å². The van der Waals surface area contributed by atoms with Gasteiger partial charge in [-0.1, -0.05) is 6.07 Å². The van der Waals surface area contributed by atoms with Gasteiger partial charge in [-0.05, 0) is 58.6 Å². The monoisotopic (exact) mass is 422 g/mol. The van der Waals surface area contributed by atoms with Crippen LogP contribution in [0.15, 0.2) is 18.2 Å².